The highest BCUT2D eigenvalue weighted by Gasteiger charge is 2.08. The summed E-state index contributed by atoms with van der Waals surface area (Å²) in [5.41, 5.74) is 1.32. The summed E-state index contributed by atoms with van der Waals surface area (Å²) < 4.78 is 5.57. The molecule has 0 aliphatic rings. The maximum Gasteiger partial charge on any atom is 0.193 e. The van der Waals surface area contributed by atoms with Crippen LogP contribution in [-0.4, -0.2) is 36.7 Å². The number of aliphatic hydroxyl groups is 1. The van der Waals surface area contributed by atoms with Crippen molar-refractivity contribution in [3.8, 4) is 5.75 Å². The molecule has 0 saturated heterocycles. The van der Waals surface area contributed by atoms with E-state index in [2.05, 4.69) is 5.32 Å². The molecule has 4 nitrogen and oxygen atoms in total. The summed E-state index contributed by atoms with van der Waals surface area (Å²) in [5.74, 6) is 0.731. The minimum atomic E-state index is -0.358. The summed E-state index contributed by atoms with van der Waals surface area (Å²) in [6, 6.07) is 16.3. The standard InChI is InChI=1S/C18H21NO3/c1-14(20)13-19-11-12-22-17-9-7-16(8-10-17)18(21)15-5-3-2-4-6-15/h2-10,14,19-20H,11-13H2,1H3/t14-/m1/s1. The highest BCUT2D eigenvalue weighted by Crippen LogP contribution is 2.15. The number of aliphatic hydroxyl groups excluding tert-OH is 1. The van der Waals surface area contributed by atoms with Crippen molar-refractivity contribution in [3.05, 3.63) is 65.7 Å². The monoisotopic (exact) mass is 299 g/mol. The van der Waals surface area contributed by atoms with Crippen LogP contribution >= 0.6 is 0 Å². The van der Waals surface area contributed by atoms with Crippen LogP contribution < -0.4 is 10.1 Å². The van der Waals surface area contributed by atoms with Crippen molar-refractivity contribution < 1.29 is 14.6 Å². The lowest BCUT2D eigenvalue weighted by Gasteiger charge is -2.09. The Hall–Kier alpha value is -2.17. The molecular weight excluding hydrogens is 278 g/mol. The van der Waals surface area contributed by atoms with Crippen LogP contribution in [0.15, 0.2) is 54.6 Å². The maximum absolute atomic E-state index is 12.2. The van der Waals surface area contributed by atoms with Crippen molar-refractivity contribution in [2.24, 2.45) is 0 Å². The molecular formula is C18H21NO3. The first-order valence-corrected chi connectivity index (χ1v) is 7.38. The quantitative estimate of drug-likeness (QED) is 0.580. The molecule has 2 N–H and O–H groups in total. The molecule has 0 aliphatic heterocycles. The Balaban J connectivity index is 1.84. The fourth-order valence-corrected chi connectivity index (χ4v) is 2.01. The van der Waals surface area contributed by atoms with Crippen LogP contribution in [0.3, 0.4) is 0 Å². The molecule has 0 unspecified atom stereocenters. The molecule has 0 saturated carbocycles. The Morgan fingerprint density at radius 1 is 1.09 bits per heavy atom. The highest BCUT2D eigenvalue weighted by atomic mass is 16.5. The van der Waals surface area contributed by atoms with E-state index in [0.29, 0.717) is 30.8 Å². The topological polar surface area (TPSA) is 58.6 Å². The molecule has 0 aromatic heterocycles. The van der Waals surface area contributed by atoms with Crippen molar-refractivity contribution in [2.45, 2.75) is 13.0 Å². The normalized spacial score (nSPS) is 11.9. The smallest absolute Gasteiger partial charge is 0.193 e. The predicted molar refractivity (Wildman–Crippen MR) is 86.4 cm³/mol. The first-order valence-electron chi connectivity index (χ1n) is 7.38. The van der Waals surface area contributed by atoms with Crippen LogP contribution in [0.5, 0.6) is 5.75 Å². The van der Waals surface area contributed by atoms with E-state index in [0.717, 1.165) is 5.75 Å². The van der Waals surface area contributed by atoms with Gasteiger partial charge in [-0.25, -0.2) is 0 Å². The molecule has 0 heterocycles. The van der Waals surface area contributed by atoms with E-state index >= 15 is 0 Å². The van der Waals surface area contributed by atoms with Crippen LogP contribution in [-0.2, 0) is 0 Å². The molecule has 0 spiro atoms. The average molecular weight is 299 g/mol. The maximum atomic E-state index is 12.2. The van der Waals surface area contributed by atoms with E-state index in [1.165, 1.54) is 0 Å². The summed E-state index contributed by atoms with van der Waals surface area (Å²) >= 11 is 0. The Labute approximate surface area is 130 Å². The summed E-state index contributed by atoms with van der Waals surface area (Å²) in [5, 5.41) is 12.2. The van der Waals surface area contributed by atoms with E-state index in [9.17, 15) is 4.79 Å². The number of rotatable bonds is 8. The highest BCUT2D eigenvalue weighted by molar-refractivity contribution is 6.08. The lowest BCUT2D eigenvalue weighted by Crippen LogP contribution is -2.28. The largest absolute Gasteiger partial charge is 0.492 e. The Morgan fingerprint density at radius 2 is 1.73 bits per heavy atom. The van der Waals surface area contributed by atoms with Gasteiger partial charge in [-0.1, -0.05) is 30.3 Å². The van der Waals surface area contributed by atoms with E-state index in [1.54, 1.807) is 43.3 Å². The molecule has 2 aromatic rings. The molecule has 116 valence electrons. The van der Waals surface area contributed by atoms with Crippen molar-refractivity contribution in [2.75, 3.05) is 19.7 Å². The van der Waals surface area contributed by atoms with Gasteiger partial charge in [0.05, 0.1) is 6.10 Å². The molecule has 2 rings (SSSR count). The van der Waals surface area contributed by atoms with Gasteiger partial charge in [0, 0.05) is 24.2 Å². The number of benzene rings is 2. The predicted octanol–water partition coefficient (Wildman–Crippen LogP) is 2.27. The number of carbonyl (C=O) groups is 1. The van der Waals surface area contributed by atoms with Crippen molar-refractivity contribution in [1.82, 2.24) is 5.32 Å². The Morgan fingerprint density at radius 3 is 2.36 bits per heavy atom. The second kappa shape index (κ2) is 8.32. The summed E-state index contributed by atoms with van der Waals surface area (Å²) in [7, 11) is 0. The van der Waals surface area contributed by atoms with Crippen molar-refractivity contribution in [1.29, 1.82) is 0 Å². The van der Waals surface area contributed by atoms with Crippen LogP contribution in [0.25, 0.3) is 0 Å². The molecule has 0 fully saturated rings. The second-order valence-electron chi connectivity index (χ2n) is 5.12. The fraction of sp³-hybridized carbons (Fsp3) is 0.278. The summed E-state index contributed by atoms with van der Waals surface area (Å²) in [6.07, 6.45) is -0.358. The Kier molecular flexibility index (Phi) is 6.13. The van der Waals surface area contributed by atoms with E-state index < -0.39 is 0 Å². The molecule has 22 heavy (non-hydrogen) atoms. The molecule has 0 radical (unpaired) electrons. The lowest BCUT2D eigenvalue weighted by molar-refractivity contribution is 0.103. The average Bonchev–Trinajstić information content (AvgIpc) is 2.55. The number of hydrogen-bond donors (Lipinski definition) is 2. The summed E-state index contributed by atoms with van der Waals surface area (Å²) in [6.45, 7) is 3.46. The first kappa shape index (κ1) is 16.2. The lowest BCUT2D eigenvalue weighted by atomic mass is 10.0. The first-order chi connectivity index (χ1) is 10.7. The molecule has 0 amide bonds. The van der Waals surface area contributed by atoms with Gasteiger partial charge in [0.2, 0.25) is 0 Å². The van der Waals surface area contributed by atoms with Gasteiger partial charge in [-0.05, 0) is 31.2 Å². The van der Waals surface area contributed by atoms with E-state index in [4.69, 9.17) is 9.84 Å². The number of ketones is 1. The van der Waals surface area contributed by atoms with Gasteiger partial charge in [-0.15, -0.1) is 0 Å². The van der Waals surface area contributed by atoms with Crippen molar-refractivity contribution in [3.63, 3.8) is 0 Å². The molecule has 1 atom stereocenters. The third-order valence-corrected chi connectivity index (χ3v) is 3.14. The van der Waals surface area contributed by atoms with Crippen LogP contribution in [0.4, 0.5) is 0 Å². The third kappa shape index (κ3) is 4.98. The van der Waals surface area contributed by atoms with Gasteiger partial charge in [0.15, 0.2) is 5.78 Å². The van der Waals surface area contributed by atoms with Gasteiger partial charge in [-0.2, -0.15) is 0 Å². The zero-order valence-corrected chi connectivity index (χ0v) is 12.7. The van der Waals surface area contributed by atoms with Gasteiger partial charge in [0.25, 0.3) is 0 Å². The molecule has 4 heteroatoms. The Bertz CT molecular complexity index is 579. The zero-order valence-electron chi connectivity index (χ0n) is 12.7. The third-order valence-electron chi connectivity index (χ3n) is 3.14. The van der Waals surface area contributed by atoms with Gasteiger partial charge >= 0.3 is 0 Å². The van der Waals surface area contributed by atoms with Crippen LogP contribution in [0.2, 0.25) is 0 Å². The van der Waals surface area contributed by atoms with E-state index in [-0.39, 0.29) is 11.9 Å². The van der Waals surface area contributed by atoms with Gasteiger partial charge in [-0.3, -0.25) is 4.79 Å². The second-order valence-corrected chi connectivity index (χ2v) is 5.12. The van der Waals surface area contributed by atoms with Gasteiger partial charge < -0.3 is 15.2 Å². The molecule has 2 aromatic carbocycles. The zero-order chi connectivity index (χ0) is 15.8. The van der Waals surface area contributed by atoms with E-state index in [1.807, 2.05) is 18.2 Å². The number of nitrogens with one attached hydrogen (secondary N) is 1. The minimum Gasteiger partial charge on any atom is -0.492 e. The molecule has 0 bridgehead atoms. The fourth-order valence-electron chi connectivity index (χ4n) is 2.01. The summed E-state index contributed by atoms with van der Waals surface area (Å²) in [4.78, 5) is 12.2. The van der Waals surface area contributed by atoms with Crippen molar-refractivity contribution >= 4 is 5.78 Å². The number of carbonyl (C=O) groups excluding carboxylic acids is 1. The number of ether oxygens (including phenoxy) is 1. The van der Waals surface area contributed by atoms with Crippen LogP contribution in [0, 0.1) is 0 Å². The number of hydrogen-bond acceptors (Lipinski definition) is 4. The van der Waals surface area contributed by atoms with Crippen LogP contribution in [0.1, 0.15) is 22.8 Å². The molecule has 0 aliphatic carbocycles. The SMILES string of the molecule is C[C@@H](O)CNCCOc1ccc(C(=O)c2ccccc2)cc1. The minimum absolute atomic E-state index is 0.00532. The van der Waals surface area contributed by atoms with Gasteiger partial charge in [0.1, 0.15) is 12.4 Å².